The molecule has 0 unspecified atom stereocenters. The Balaban J connectivity index is 1.84. The van der Waals surface area contributed by atoms with E-state index in [4.69, 9.17) is 42.1 Å². The number of methoxy groups -OCH3 is 4. The largest absolute Gasteiger partial charge is 0.495 e. The molecule has 3 aromatic rings. The predicted molar refractivity (Wildman–Crippen MR) is 131 cm³/mol. The third kappa shape index (κ3) is 5.47. The van der Waals surface area contributed by atoms with Crippen LogP contribution in [-0.2, 0) is 0 Å². The lowest BCUT2D eigenvalue weighted by atomic mass is 10.1. The summed E-state index contributed by atoms with van der Waals surface area (Å²) in [5.74, 6) is 0.552. The fourth-order valence-electron chi connectivity index (χ4n) is 3.11. The number of hydrogen-bond donors (Lipinski definition) is 2. The molecular weight excluding hydrogens is 483 g/mol. The smallest absolute Gasteiger partial charge is 0.255 e. The summed E-state index contributed by atoms with van der Waals surface area (Å²) in [6.45, 7) is 0. The highest BCUT2D eigenvalue weighted by Crippen LogP contribution is 2.37. The van der Waals surface area contributed by atoms with Crippen molar-refractivity contribution in [1.82, 2.24) is 0 Å². The Morgan fingerprint density at radius 3 is 1.35 bits per heavy atom. The molecule has 178 valence electrons. The molecule has 0 radical (unpaired) electrons. The zero-order chi connectivity index (χ0) is 24.8. The molecule has 2 N–H and O–H groups in total. The molecule has 0 fully saturated rings. The molecule has 3 aromatic carbocycles. The van der Waals surface area contributed by atoms with E-state index >= 15 is 0 Å². The Kier molecular flexibility index (Phi) is 8.09. The Morgan fingerprint density at radius 1 is 0.618 bits per heavy atom. The highest BCUT2D eigenvalue weighted by molar-refractivity contribution is 6.32. The van der Waals surface area contributed by atoms with Crippen LogP contribution in [-0.4, -0.2) is 40.3 Å². The lowest BCUT2D eigenvalue weighted by Crippen LogP contribution is -2.16. The maximum Gasteiger partial charge on any atom is 0.255 e. The Bertz CT molecular complexity index is 1140. The van der Waals surface area contributed by atoms with Crippen LogP contribution in [0.1, 0.15) is 20.7 Å². The van der Waals surface area contributed by atoms with E-state index in [0.29, 0.717) is 44.4 Å². The maximum atomic E-state index is 12.9. The number of amides is 2. The number of ether oxygens (including phenoxy) is 4. The first kappa shape index (κ1) is 25.0. The molecule has 0 heterocycles. The zero-order valence-electron chi connectivity index (χ0n) is 18.8. The standard InChI is InChI=1S/C24H22Cl2N2O6/c1-31-19-11-17(21(33-3)9-15(19)25)27-23(29)13-6-5-7-14(8-13)24(30)28-18-12-20(32-2)16(26)10-22(18)34-4/h5-12H,1-4H3,(H,27,29)(H,28,30). The summed E-state index contributed by atoms with van der Waals surface area (Å²) in [5.41, 5.74) is 1.23. The monoisotopic (exact) mass is 504 g/mol. The number of halogens is 2. The van der Waals surface area contributed by atoms with E-state index in [0.717, 1.165) is 0 Å². The molecular formula is C24H22Cl2N2O6. The van der Waals surface area contributed by atoms with Gasteiger partial charge in [0.25, 0.3) is 11.8 Å². The van der Waals surface area contributed by atoms with Crippen molar-refractivity contribution < 1.29 is 28.5 Å². The number of nitrogens with one attached hydrogen (secondary N) is 2. The van der Waals surface area contributed by atoms with Crippen LogP contribution in [0.5, 0.6) is 23.0 Å². The van der Waals surface area contributed by atoms with Crippen LogP contribution in [0.15, 0.2) is 48.5 Å². The SMILES string of the molecule is COc1cc(NC(=O)c2cccc(C(=O)Nc3cc(OC)c(Cl)cc3OC)c2)c(OC)cc1Cl. The van der Waals surface area contributed by atoms with E-state index in [9.17, 15) is 9.59 Å². The fraction of sp³-hybridized carbons (Fsp3) is 0.167. The van der Waals surface area contributed by atoms with Gasteiger partial charge < -0.3 is 29.6 Å². The van der Waals surface area contributed by atoms with Gasteiger partial charge in [0.1, 0.15) is 23.0 Å². The van der Waals surface area contributed by atoms with Crippen molar-refractivity contribution in [2.75, 3.05) is 39.1 Å². The van der Waals surface area contributed by atoms with E-state index < -0.39 is 11.8 Å². The second-order valence-corrected chi connectivity index (χ2v) is 7.68. The molecule has 2 amide bonds. The van der Waals surface area contributed by atoms with Crippen LogP contribution in [0.2, 0.25) is 10.0 Å². The molecule has 10 heteroatoms. The van der Waals surface area contributed by atoms with Crippen LogP contribution >= 0.6 is 23.2 Å². The molecule has 0 aromatic heterocycles. The fourth-order valence-corrected chi connectivity index (χ4v) is 3.57. The van der Waals surface area contributed by atoms with Crippen LogP contribution < -0.4 is 29.6 Å². The third-order valence-corrected chi connectivity index (χ3v) is 5.42. The van der Waals surface area contributed by atoms with Gasteiger partial charge in [-0.3, -0.25) is 9.59 Å². The van der Waals surface area contributed by atoms with Crippen LogP contribution in [0.4, 0.5) is 11.4 Å². The molecule has 0 aliphatic rings. The van der Waals surface area contributed by atoms with Crippen molar-refractivity contribution in [1.29, 1.82) is 0 Å². The van der Waals surface area contributed by atoms with Gasteiger partial charge in [-0.05, 0) is 18.2 Å². The van der Waals surface area contributed by atoms with Crippen LogP contribution in [0.3, 0.4) is 0 Å². The number of benzene rings is 3. The predicted octanol–water partition coefficient (Wildman–Crippen LogP) is 5.53. The van der Waals surface area contributed by atoms with Crippen molar-refractivity contribution in [3.05, 3.63) is 69.7 Å². The molecule has 0 bridgehead atoms. The van der Waals surface area contributed by atoms with E-state index in [-0.39, 0.29) is 11.1 Å². The minimum Gasteiger partial charge on any atom is -0.495 e. The summed E-state index contributed by atoms with van der Waals surface area (Å²) in [7, 11) is 5.84. The topological polar surface area (TPSA) is 95.1 Å². The number of carbonyl (C=O) groups is 2. The number of hydrogen-bond acceptors (Lipinski definition) is 6. The molecule has 0 aliphatic carbocycles. The second kappa shape index (κ2) is 11.0. The average Bonchev–Trinajstić information content (AvgIpc) is 2.85. The summed E-state index contributed by atoms with van der Waals surface area (Å²) in [6.07, 6.45) is 0. The quantitative estimate of drug-likeness (QED) is 0.418. The lowest BCUT2D eigenvalue weighted by molar-refractivity contribution is 0.102. The molecule has 8 nitrogen and oxygen atoms in total. The van der Waals surface area contributed by atoms with Gasteiger partial charge in [-0.15, -0.1) is 0 Å². The number of anilines is 2. The van der Waals surface area contributed by atoms with Crippen LogP contribution in [0.25, 0.3) is 0 Å². The van der Waals surface area contributed by atoms with Crippen molar-refractivity contribution in [3.8, 4) is 23.0 Å². The molecule has 0 aliphatic heterocycles. The molecule has 0 saturated heterocycles. The summed E-state index contributed by atoms with van der Waals surface area (Å²) in [5, 5.41) is 6.18. The summed E-state index contributed by atoms with van der Waals surface area (Å²) < 4.78 is 21.0. The highest BCUT2D eigenvalue weighted by Gasteiger charge is 2.17. The van der Waals surface area contributed by atoms with Crippen molar-refractivity contribution >= 4 is 46.4 Å². The highest BCUT2D eigenvalue weighted by atomic mass is 35.5. The maximum absolute atomic E-state index is 12.9. The number of rotatable bonds is 8. The van der Waals surface area contributed by atoms with Crippen molar-refractivity contribution in [2.24, 2.45) is 0 Å². The summed E-state index contributed by atoms with van der Waals surface area (Å²) in [4.78, 5) is 25.8. The molecule has 0 spiro atoms. The number of carbonyl (C=O) groups excluding carboxylic acids is 2. The van der Waals surface area contributed by atoms with E-state index in [1.54, 1.807) is 30.3 Å². The lowest BCUT2D eigenvalue weighted by Gasteiger charge is -2.14. The molecule has 0 atom stereocenters. The van der Waals surface area contributed by atoms with Crippen molar-refractivity contribution in [3.63, 3.8) is 0 Å². The van der Waals surface area contributed by atoms with Crippen LogP contribution in [0, 0.1) is 0 Å². The van der Waals surface area contributed by atoms with Gasteiger partial charge in [0.05, 0.1) is 49.9 Å². The van der Waals surface area contributed by atoms with Crippen molar-refractivity contribution in [2.45, 2.75) is 0 Å². The van der Waals surface area contributed by atoms with E-state index in [1.165, 1.54) is 46.6 Å². The Hall–Kier alpha value is -3.62. The zero-order valence-corrected chi connectivity index (χ0v) is 20.3. The molecule has 0 saturated carbocycles. The molecule has 34 heavy (non-hydrogen) atoms. The normalized spacial score (nSPS) is 10.3. The van der Waals surface area contributed by atoms with Gasteiger partial charge in [-0.1, -0.05) is 29.3 Å². The molecule has 3 rings (SSSR count). The first-order chi connectivity index (χ1) is 16.3. The van der Waals surface area contributed by atoms with Gasteiger partial charge in [0.15, 0.2) is 0 Å². The third-order valence-electron chi connectivity index (χ3n) is 4.83. The van der Waals surface area contributed by atoms with Gasteiger partial charge in [-0.25, -0.2) is 0 Å². The summed E-state index contributed by atoms with van der Waals surface area (Å²) in [6, 6.07) is 12.4. The van der Waals surface area contributed by atoms with Gasteiger partial charge in [-0.2, -0.15) is 0 Å². The van der Waals surface area contributed by atoms with Gasteiger partial charge in [0, 0.05) is 35.4 Å². The first-order valence-corrected chi connectivity index (χ1v) is 10.6. The first-order valence-electron chi connectivity index (χ1n) is 9.87. The Labute approximate surface area is 206 Å². The minimum absolute atomic E-state index is 0.254. The van der Waals surface area contributed by atoms with Gasteiger partial charge in [0.2, 0.25) is 0 Å². The Morgan fingerprint density at radius 2 is 1.00 bits per heavy atom. The average molecular weight is 505 g/mol. The summed E-state index contributed by atoms with van der Waals surface area (Å²) >= 11 is 12.2. The minimum atomic E-state index is -0.455. The van der Waals surface area contributed by atoms with Gasteiger partial charge >= 0.3 is 0 Å². The second-order valence-electron chi connectivity index (χ2n) is 6.86. The van der Waals surface area contributed by atoms with E-state index in [1.807, 2.05) is 0 Å². The van der Waals surface area contributed by atoms with E-state index in [2.05, 4.69) is 10.6 Å².